The van der Waals surface area contributed by atoms with E-state index < -0.39 is 0 Å². The molecular formula is C27H20BrN3OS. The molecule has 0 aliphatic rings. The first-order valence-corrected chi connectivity index (χ1v) is 12.3. The number of anilines is 1. The Morgan fingerprint density at radius 2 is 1.61 bits per heavy atom. The van der Waals surface area contributed by atoms with E-state index in [0.29, 0.717) is 10.7 Å². The molecule has 0 saturated carbocycles. The lowest BCUT2D eigenvalue weighted by atomic mass is 10.0. The van der Waals surface area contributed by atoms with E-state index in [1.807, 2.05) is 60.0 Å². The van der Waals surface area contributed by atoms with Crippen molar-refractivity contribution in [1.29, 1.82) is 0 Å². The molecule has 4 nitrogen and oxygen atoms in total. The molecule has 6 heteroatoms. The van der Waals surface area contributed by atoms with E-state index in [4.69, 9.17) is 4.98 Å². The number of hydrogen-bond acceptors (Lipinski definition) is 4. The second kappa shape index (κ2) is 9.25. The van der Waals surface area contributed by atoms with Gasteiger partial charge in [-0.15, -0.1) is 11.3 Å². The Hall–Kier alpha value is -3.35. The summed E-state index contributed by atoms with van der Waals surface area (Å²) in [6, 6.07) is 25.8. The van der Waals surface area contributed by atoms with Crippen molar-refractivity contribution in [2.75, 3.05) is 5.32 Å². The highest BCUT2D eigenvalue weighted by molar-refractivity contribution is 9.10. The highest BCUT2D eigenvalue weighted by Crippen LogP contribution is 2.29. The first-order chi connectivity index (χ1) is 16.1. The molecule has 33 heavy (non-hydrogen) atoms. The number of nitrogens with one attached hydrogen (secondary N) is 1. The van der Waals surface area contributed by atoms with Crippen molar-refractivity contribution in [3.63, 3.8) is 0 Å². The molecule has 0 atom stereocenters. The van der Waals surface area contributed by atoms with Crippen LogP contribution < -0.4 is 5.32 Å². The number of pyridine rings is 1. The van der Waals surface area contributed by atoms with Crippen molar-refractivity contribution >= 4 is 49.2 Å². The van der Waals surface area contributed by atoms with Crippen LogP contribution in [-0.2, 0) is 6.42 Å². The maximum Gasteiger partial charge on any atom is 0.258 e. The fourth-order valence-electron chi connectivity index (χ4n) is 3.67. The van der Waals surface area contributed by atoms with Gasteiger partial charge in [0.05, 0.1) is 22.5 Å². The number of carbonyl (C=O) groups is 1. The van der Waals surface area contributed by atoms with Crippen molar-refractivity contribution in [2.24, 2.45) is 0 Å². The van der Waals surface area contributed by atoms with Gasteiger partial charge in [0.25, 0.3) is 5.91 Å². The van der Waals surface area contributed by atoms with Crippen LogP contribution in [0.3, 0.4) is 0 Å². The largest absolute Gasteiger partial charge is 0.298 e. The van der Waals surface area contributed by atoms with Gasteiger partial charge in [0.2, 0.25) is 0 Å². The van der Waals surface area contributed by atoms with Gasteiger partial charge in [-0.25, -0.2) is 9.97 Å². The van der Waals surface area contributed by atoms with Crippen molar-refractivity contribution in [3.05, 3.63) is 99.8 Å². The van der Waals surface area contributed by atoms with E-state index >= 15 is 0 Å². The molecule has 2 heterocycles. The number of nitrogens with zero attached hydrogens (tertiary/aromatic N) is 2. The number of rotatable bonds is 5. The van der Waals surface area contributed by atoms with Gasteiger partial charge in [0, 0.05) is 26.4 Å². The number of thiazole rings is 1. The Balaban J connectivity index is 1.47. The summed E-state index contributed by atoms with van der Waals surface area (Å²) in [6.07, 6.45) is 1.00. The van der Waals surface area contributed by atoms with E-state index in [9.17, 15) is 4.79 Å². The van der Waals surface area contributed by atoms with Gasteiger partial charge < -0.3 is 0 Å². The minimum absolute atomic E-state index is 0.200. The highest BCUT2D eigenvalue weighted by atomic mass is 79.9. The molecule has 0 fully saturated rings. The van der Waals surface area contributed by atoms with E-state index in [0.717, 1.165) is 44.3 Å². The second-order valence-corrected chi connectivity index (χ2v) is 9.40. The maximum atomic E-state index is 13.3. The standard InChI is InChI=1S/C27H20BrN3OS/c1-2-17-7-9-19(10-8-17)25-16-33-27(30-25)31-26(32)22-15-24(18-11-13-20(28)14-12-18)29-23-6-4-3-5-21(22)23/h3-16H,2H2,1H3,(H,30,31,32). The van der Waals surface area contributed by atoms with E-state index in [2.05, 4.69) is 57.4 Å². The topological polar surface area (TPSA) is 54.9 Å². The SMILES string of the molecule is CCc1ccc(-c2csc(NC(=O)c3cc(-c4ccc(Br)cc4)nc4ccccc34)n2)cc1. The molecule has 0 bridgehead atoms. The molecule has 0 aliphatic heterocycles. The van der Waals surface area contributed by atoms with Gasteiger partial charge in [0.1, 0.15) is 0 Å². The normalized spacial score (nSPS) is 11.0. The number of amides is 1. The Kier molecular flexibility index (Phi) is 6.03. The van der Waals surface area contributed by atoms with Crippen LogP contribution in [-0.4, -0.2) is 15.9 Å². The summed E-state index contributed by atoms with van der Waals surface area (Å²) in [4.78, 5) is 22.7. The molecule has 162 valence electrons. The van der Waals surface area contributed by atoms with Crippen LogP contribution >= 0.6 is 27.3 Å². The number of benzene rings is 3. The molecular weight excluding hydrogens is 494 g/mol. The van der Waals surface area contributed by atoms with Crippen molar-refractivity contribution in [2.45, 2.75) is 13.3 Å². The van der Waals surface area contributed by atoms with Crippen molar-refractivity contribution < 1.29 is 4.79 Å². The van der Waals surface area contributed by atoms with Crippen LogP contribution in [0.5, 0.6) is 0 Å². The zero-order valence-corrected chi connectivity index (χ0v) is 20.3. The minimum Gasteiger partial charge on any atom is -0.298 e. The van der Waals surface area contributed by atoms with E-state index in [1.165, 1.54) is 16.9 Å². The van der Waals surface area contributed by atoms with Crippen LogP contribution in [0.4, 0.5) is 5.13 Å². The van der Waals surface area contributed by atoms with Gasteiger partial charge in [-0.05, 0) is 36.2 Å². The van der Waals surface area contributed by atoms with Crippen LogP contribution in [0.25, 0.3) is 33.4 Å². The lowest BCUT2D eigenvalue weighted by Gasteiger charge is -2.10. The number of hydrogen-bond donors (Lipinski definition) is 1. The number of fused-ring (bicyclic) bond motifs is 1. The Bertz CT molecular complexity index is 1440. The molecule has 2 aromatic heterocycles. The van der Waals surface area contributed by atoms with Crippen molar-refractivity contribution in [3.8, 4) is 22.5 Å². The molecule has 1 amide bonds. The molecule has 0 unspecified atom stereocenters. The summed E-state index contributed by atoms with van der Waals surface area (Å²) in [6.45, 7) is 2.14. The molecule has 0 aliphatic carbocycles. The zero-order chi connectivity index (χ0) is 22.8. The predicted molar refractivity (Wildman–Crippen MR) is 140 cm³/mol. The number of para-hydroxylation sites is 1. The number of carbonyl (C=O) groups excluding carboxylic acids is 1. The predicted octanol–water partition coefficient (Wildman–Crippen LogP) is 7.60. The average molecular weight is 514 g/mol. The molecule has 0 radical (unpaired) electrons. The lowest BCUT2D eigenvalue weighted by molar-refractivity contribution is 0.102. The molecule has 0 saturated heterocycles. The van der Waals surface area contributed by atoms with Gasteiger partial charge in [-0.2, -0.15) is 0 Å². The minimum atomic E-state index is -0.200. The van der Waals surface area contributed by atoms with Gasteiger partial charge in [0.15, 0.2) is 5.13 Å². The smallest absolute Gasteiger partial charge is 0.258 e. The number of aromatic nitrogens is 2. The second-order valence-electron chi connectivity index (χ2n) is 7.62. The summed E-state index contributed by atoms with van der Waals surface area (Å²) >= 11 is 4.89. The molecule has 1 N–H and O–H groups in total. The summed E-state index contributed by atoms with van der Waals surface area (Å²) < 4.78 is 0.994. The number of halogens is 1. The first-order valence-electron chi connectivity index (χ1n) is 10.6. The quantitative estimate of drug-likeness (QED) is 0.263. The summed E-state index contributed by atoms with van der Waals surface area (Å²) in [5, 5.41) is 6.33. The summed E-state index contributed by atoms with van der Waals surface area (Å²) in [5.74, 6) is -0.200. The monoisotopic (exact) mass is 513 g/mol. The Morgan fingerprint density at radius 3 is 2.36 bits per heavy atom. The fraction of sp³-hybridized carbons (Fsp3) is 0.0741. The van der Waals surface area contributed by atoms with Crippen LogP contribution in [0.15, 0.2) is 88.7 Å². The number of aryl methyl sites for hydroxylation is 1. The third-order valence-electron chi connectivity index (χ3n) is 5.48. The molecule has 5 aromatic rings. The van der Waals surface area contributed by atoms with Gasteiger partial charge in [-0.3, -0.25) is 10.1 Å². The summed E-state index contributed by atoms with van der Waals surface area (Å²) in [5.41, 5.74) is 6.23. The van der Waals surface area contributed by atoms with Crippen LogP contribution in [0, 0.1) is 0 Å². The van der Waals surface area contributed by atoms with E-state index in [1.54, 1.807) is 0 Å². The Morgan fingerprint density at radius 1 is 0.909 bits per heavy atom. The van der Waals surface area contributed by atoms with Gasteiger partial charge >= 0.3 is 0 Å². The molecule has 5 rings (SSSR count). The fourth-order valence-corrected chi connectivity index (χ4v) is 4.65. The third-order valence-corrected chi connectivity index (χ3v) is 6.77. The molecule has 3 aromatic carbocycles. The van der Waals surface area contributed by atoms with Crippen LogP contribution in [0.2, 0.25) is 0 Å². The third kappa shape index (κ3) is 4.58. The Labute approximate surface area is 204 Å². The van der Waals surface area contributed by atoms with E-state index in [-0.39, 0.29) is 5.91 Å². The van der Waals surface area contributed by atoms with Gasteiger partial charge in [-0.1, -0.05) is 77.5 Å². The van der Waals surface area contributed by atoms with Crippen molar-refractivity contribution in [1.82, 2.24) is 9.97 Å². The zero-order valence-electron chi connectivity index (χ0n) is 17.9. The molecule has 0 spiro atoms. The first kappa shape index (κ1) is 21.5. The average Bonchev–Trinajstić information content (AvgIpc) is 3.32. The highest BCUT2D eigenvalue weighted by Gasteiger charge is 2.16. The maximum absolute atomic E-state index is 13.3. The summed E-state index contributed by atoms with van der Waals surface area (Å²) in [7, 11) is 0. The lowest BCUT2D eigenvalue weighted by Crippen LogP contribution is -2.13. The van der Waals surface area contributed by atoms with Crippen LogP contribution in [0.1, 0.15) is 22.8 Å².